The molecule has 2 aliphatic heterocycles. The fourth-order valence-corrected chi connectivity index (χ4v) is 4.87. The zero-order valence-corrected chi connectivity index (χ0v) is 14.3. The van der Waals surface area contributed by atoms with Gasteiger partial charge in [0.25, 0.3) is 0 Å². The SMILES string of the molecule is CC(=O)N1CCCc2cc(S(=O)(=O)N3CCCOC3C)ccc21. The van der Waals surface area contributed by atoms with Crippen LogP contribution >= 0.6 is 0 Å². The summed E-state index contributed by atoms with van der Waals surface area (Å²) in [5.74, 6) is -0.0143. The van der Waals surface area contributed by atoms with Crippen molar-refractivity contribution in [3.05, 3.63) is 23.8 Å². The van der Waals surface area contributed by atoms with E-state index in [0.29, 0.717) is 26.1 Å². The second kappa shape index (κ2) is 6.22. The maximum atomic E-state index is 12.9. The van der Waals surface area contributed by atoms with Gasteiger partial charge in [0.2, 0.25) is 15.9 Å². The highest BCUT2D eigenvalue weighted by Gasteiger charge is 2.32. The van der Waals surface area contributed by atoms with Gasteiger partial charge in [-0.15, -0.1) is 0 Å². The number of hydrogen-bond acceptors (Lipinski definition) is 4. The summed E-state index contributed by atoms with van der Waals surface area (Å²) in [7, 11) is -3.58. The maximum absolute atomic E-state index is 12.9. The molecular weight excluding hydrogens is 316 g/mol. The van der Waals surface area contributed by atoms with Gasteiger partial charge in [0, 0.05) is 32.3 Å². The molecule has 6 nitrogen and oxygen atoms in total. The standard InChI is InChI=1S/C16H22N2O4S/c1-12(19)17-8-3-5-14-11-15(6-7-16(14)17)23(20,21)18-9-4-10-22-13(18)2/h6-7,11,13H,3-5,8-10H2,1-2H3. The Hall–Kier alpha value is -1.44. The van der Waals surface area contributed by atoms with Crippen LogP contribution < -0.4 is 4.90 Å². The second-order valence-electron chi connectivity index (χ2n) is 6.00. The van der Waals surface area contributed by atoms with Crippen molar-refractivity contribution >= 4 is 21.6 Å². The number of hydrogen-bond donors (Lipinski definition) is 0. The van der Waals surface area contributed by atoms with Crippen molar-refractivity contribution in [2.75, 3.05) is 24.6 Å². The second-order valence-corrected chi connectivity index (χ2v) is 7.89. The minimum absolute atomic E-state index is 0.0143. The Morgan fingerprint density at radius 3 is 2.74 bits per heavy atom. The summed E-state index contributed by atoms with van der Waals surface area (Å²) in [5.41, 5.74) is 1.74. The number of aryl methyl sites for hydroxylation is 1. The van der Waals surface area contributed by atoms with E-state index in [1.165, 1.54) is 11.2 Å². The predicted molar refractivity (Wildman–Crippen MR) is 86.7 cm³/mol. The minimum atomic E-state index is -3.58. The van der Waals surface area contributed by atoms with Crippen molar-refractivity contribution in [1.82, 2.24) is 4.31 Å². The summed E-state index contributed by atoms with van der Waals surface area (Å²) in [6.07, 6.45) is 1.89. The van der Waals surface area contributed by atoms with Crippen LogP contribution in [0, 0.1) is 0 Å². The smallest absolute Gasteiger partial charge is 0.245 e. The van der Waals surface area contributed by atoms with E-state index < -0.39 is 16.3 Å². The zero-order chi connectivity index (χ0) is 16.6. The first-order chi connectivity index (χ1) is 10.9. The first-order valence-electron chi connectivity index (χ1n) is 7.96. The fourth-order valence-electron chi connectivity index (χ4n) is 3.25. The molecule has 1 amide bonds. The topological polar surface area (TPSA) is 66.9 Å². The Morgan fingerprint density at radius 2 is 2.04 bits per heavy atom. The largest absolute Gasteiger partial charge is 0.362 e. The van der Waals surface area contributed by atoms with E-state index in [4.69, 9.17) is 4.74 Å². The predicted octanol–water partition coefficient (Wildman–Crippen LogP) is 1.74. The molecule has 0 bridgehead atoms. The van der Waals surface area contributed by atoms with E-state index in [0.717, 1.165) is 24.1 Å². The fraction of sp³-hybridized carbons (Fsp3) is 0.562. The third kappa shape index (κ3) is 3.00. The van der Waals surface area contributed by atoms with Gasteiger partial charge in [-0.1, -0.05) is 0 Å². The zero-order valence-electron chi connectivity index (χ0n) is 13.5. The Labute approximate surface area is 137 Å². The van der Waals surface area contributed by atoms with Gasteiger partial charge in [0.05, 0.1) is 4.90 Å². The number of carbonyl (C=O) groups excluding carboxylic acids is 1. The lowest BCUT2D eigenvalue weighted by molar-refractivity contribution is -0.116. The van der Waals surface area contributed by atoms with Gasteiger partial charge in [0.15, 0.2) is 0 Å². The first-order valence-corrected chi connectivity index (χ1v) is 9.40. The van der Waals surface area contributed by atoms with Crippen LogP contribution in [0.15, 0.2) is 23.1 Å². The molecule has 7 heteroatoms. The summed E-state index contributed by atoms with van der Waals surface area (Å²) in [4.78, 5) is 13.7. The Balaban J connectivity index is 1.96. The lowest BCUT2D eigenvalue weighted by atomic mass is 10.0. The highest BCUT2D eigenvalue weighted by Crippen LogP contribution is 2.31. The molecule has 1 aromatic carbocycles. The third-order valence-electron chi connectivity index (χ3n) is 4.44. The molecule has 1 aromatic rings. The van der Waals surface area contributed by atoms with Crippen molar-refractivity contribution in [2.24, 2.45) is 0 Å². The van der Waals surface area contributed by atoms with Gasteiger partial charge < -0.3 is 9.64 Å². The van der Waals surface area contributed by atoms with E-state index >= 15 is 0 Å². The molecule has 0 saturated carbocycles. The number of amides is 1. The monoisotopic (exact) mass is 338 g/mol. The van der Waals surface area contributed by atoms with E-state index in [1.54, 1.807) is 30.0 Å². The number of anilines is 1. The van der Waals surface area contributed by atoms with Crippen LogP contribution in [0.3, 0.4) is 0 Å². The summed E-state index contributed by atoms with van der Waals surface area (Å²) in [6.45, 7) is 5.04. The summed E-state index contributed by atoms with van der Waals surface area (Å²) >= 11 is 0. The van der Waals surface area contributed by atoms with Gasteiger partial charge >= 0.3 is 0 Å². The molecular formula is C16H22N2O4S. The van der Waals surface area contributed by atoms with Crippen molar-refractivity contribution in [1.29, 1.82) is 0 Å². The number of rotatable bonds is 2. The van der Waals surface area contributed by atoms with Gasteiger partial charge in [-0.25, -0.2) is 8.42 Å². The van der Waals surface area contributed by atoms with Crippen molar-refractivity contribution in [3.8, 4) is 0 Å². The van der Waals surface area contributed by atoms with Crippen LogP contribution in [0.1, 0.15) is 32.3 Å². The van der Waals surface area contributed by atoms with Crippen molar-refractivity contribution in [2.45, 2.75) is 44.2 Å². The molecule has 23 heavy (non-hydrogen) atoms. The highest BCUT2D eigenvalue weighted by molar-refractivity contribution is 7.89. The molecule has 0 radical (unpaired) electrons. The highest BCUT2D eigenvalue weighted by atomic mass is 32.2. The molecule has 2 heterocycles. The number of benzene rings is 1. The summed E-state index contributed by atoms with van der Waals surface area (Å²) in [6, 6.07) is 5.05. The van der Waals surface area contributed by atoms with Gasteiger partial charge in [0.1, 0.15) is 6.23 Å². The third-order valence-corrected chi connectivity index (χ3v) is 6.39. The van der Waals surface area contributed by atoms with E-state index in [9.17, 15) is 13.2 Å². The Morgan fingerprint density at radius 1 is 1.26 bits per heavy atom. The molecule has 126 valence electrons. The van der Waals surface area contributed by atoms with Gasteiger partial charge in [-0.3, -0.25) is 4.79 Å². The van der Waals surface area contributed by atoms with E-state index in [-0.39, 0.29) is 10.8 Å². The molecule has 1 saturated heterocycles. The molecule has 3 rings (SSSR count). The van der Waals surface area contributed by atoms with Crippen molar-refractivity contribution in [3.63, 3.8) is 0 Å². The molecule has 0 aliphatic carbocycles. The van der Waals surface area contributed by atoms with Gasteiger partial charge in [-0.05, 0) is 49.9 Å². The molecule has 0 spiro atoms. The number of fused-ring (bicyclic) bond motifs is 1. The minimum Gasteiger partial charge on any atom is -0.362 e. The first kappa shape index (κ1) is 16.4. The van der Waals surface area contributed by atoms with E-state index in [1.807, 2.05) is 0 Å². The van der Waals surface area contributed by atoms with Crippen LogP contribution in [0.5, 0.6) is 0 Å². The average molecular weight is 338 g/mol. The molecule has 1 unspecified atom stereocenters. The van der Waals surface area contributed by atoms with Crippen LogP contribution in [-0.2, 0) is 26.0 Å². The molecule has 1 atom stereocenters. The number of nitrogens with zero attached hydrogens (tertiary/aromatic N) is 2. The number of ether oxygens (including phenoxy) is 1. The van der Waals surface area contributed by atoms with E-state index in [2.05, 4.69) is 0 Å². The van der Waals surface area contributed by atoms with Crippen LogP contribution in [0.2, 0.25) is 0 Å². The maximum Gasteiger partial charge on any atom is 0.245 e. The number of sulfonamides is 1. The van der Waals surface area contributed by atoms with Crippen LogP contribution in [0.4, 0.5) is 5.69 Å². The summed E-state index contributed by atoms with van der Waals surface area (Å²) < 4.78 is 32.6. The van der Waals surface area contributed by atoms with Crippen LogP contribution in [0.25, 0.3) is 0 Å². The molecule has 2 aliphatic rings. The molecule has 1 fully saturated rings. The Bertz CT molecular complexity index is 717. The molecule has 0 N–H and O–H groups in total. The lowest BCUT2D eigenvalue weighted by Gasteiger charge is -2.33. The quantitative estimate of drug-likeness (QED) is 0.824. The average Bonchev–Trinajstić information content (AvgIpc) is 2.53. The summed E-state index contributed by atoms with van der Waals surface area (Å²) in [5, 5.41) is 0. The van der Waals surface area contributed by atoms with Gasteiger partial charge in [-0.2, -0.15) is 4.31 Å². The Kier molecular flexibility index (Phi) is 4.44. The lowest BCUT2D eigenvalue weighted by Crippen LogP contribution is -2.44. The number of carbonyl (C=O) groups is 1. The normalized spacial score (nSPS) is 22.7. The van der Waals surface area contributed by atoms with Crippen molar-refractivity contribution < 1.29 is 17.9 Å². The van der Waals surface area contributed by atoms with Crippen LogP contribution in [-0.4, -0.2) is 44.6 Å². The molecule has 0 aromatic heterocycles.